The molecule has 19 heavy (non-hydrogen) atoms. The lowest BCUT2D eigenvalue weighted by atomic mass is 10.2. The molecule has 2 heterocycles. The lowest BCUT2D eigenvalue weighted by Gasteiger charge is -2.11. The first kappa shape index (κ1) is 13.1. The van der Waals surface area contributed by atoms with Gasteiger partial charge in [0.25, 0.3) is 0 Å². The van der Waals surface area contributed by atoms with Crippen LogP contribution >= 0.6 is 0 Å². The minimum atomic E-state index is 0.0404. The van der Waals surface area contributed by atoms with Crippen LogP contribution in [0.1, 0.15) is 30.4 Å². The molecule has 2 rings (SSSR count). The van der Waals surface area contributed by atoms with Crippen LogP contribution in [-0.2, 0) is 6.42 Å². The van der Waals surface area contributed by atoms with Gasteiger partial charge in [-0.1, -0.05) is 12.1 Å². The van der Waals surface area contributed by atoms with Gasteiger partial charge in [-0.05, 0) is 25.5 Å². The molecular weight excluding hydrogens is 242 g/mol. The van der Waals surface area contributed by atoms with E-state index in [1.807, 2.05) is 23.8 Å². The number of amidine groups is 1. The molecule has 0 spiro atoms. The van der Waals surface area contributed by atoms with Gasteiger partial charge in [0.1, 0.15) is 11.6 Å². The van der Waals surface area contributed by atoms with Gasteiger partial charge in [-0.25, -0.2) is 9.97 Å². The molecule has 0 saturated heterocycles. The number of rotatable bonds is 4. The molecule has 0 unspecified atom stereocenters. The van der Waals surface area contributed by atoms with E-state index in [9.17, 15) is 0 Å². The number of nitrogens with zero attached hydrogens (tertiary/aromatic N) is 4. The number of pyridine rings is 1. The summed E-state index contributed by atoms with van der Waals surface area (Å²) in [5.41, 5.74) is 7.15. The maximum Gasteiger partial charge on any atom is 0.173 e. The number of hydrogen-bond donors (Lipinski definition) is 2. The van der Waals surface area contributed by atoms with Crippen molar-refractivity contribution in [2.24, 2.45) is 10.9 Å². The van der Waals surface area contributed by atoms with Crippen LogP contribution in [0.5, 0.6) is 0 Å². The number of aromatic nitrogens is 3. The SMILES string of the molecule is CCCc1nccn1-c1nc(C)ccc1C(N)=NO. The number of nitrogens with two attached hydrogens (primary N) is 1. The summed E-state index contributed by atoms with van der Waals surface area (Å²) >= 11 is 0. The molecule has 6 heteroatoms. The maximum atomic E-state index is 8.86. The summed E-state index contributed by atoms with van der Waals surface area (Å²) in [4.78, 5) is 8.80. The van der Waals surface area contributed by atoms with Crippen LogP contribution in [0.4, 0.5) is 0 Å². The Hall–Kier alpha value is -2.37. The Balaban J connectivity index is 2.60. The molecule has 0 aliphatic carbocycles. The molecule has 0 aliphatic rings. The highest BCUT2D eigenvalue weighted by Gasteiger charge is 2.13. The Morgan fingerprint density at radius 3 is 2.95 bits per heavy atom. The molecule has 2 aromatic heterocycles. The van der Waals surface area contributed by atoms with E-state index in [1.54, 1.807) is 12.3 Å². The first-order chi connectivity index (χ1) is 9.17. The second kappa shape index (κ2) is 5.51. The third kappa shape index (κ3) is 2.57. The zero-order valence-corrected chi connectivity index (χ0v) is 11.0. The molecule has 0 bridgehead atoms. The highest BCUT2D eigenvalue weighted by Crippen LogP contribution is 2.16. The Labute approximate surface area is 111 Å². The summed E-state index contributed by atoms with van der Waals surface area (Å²) in [6, 6.07) is 3.62. The molecule has 0 fully saturated rings. The first-order valence-corrected chi connectivity index (χ1v) is 6.15. The lowest BCUT2D eigenvalue weighted by Crippen LogP contribution is -2.18. The summed E-state index contributed by atoms with van der Waals surface area (Å²) < 4.78 is 1.88. The van der Waals surface area contributed by atoms with Crippen LogP contribution in [0.15, 0.2) is 29.7 Å². The van der Waals surface area contributed by atoms with Crippen LogP contribution in [0.2, 0.25) is 0 Å². The summed E-state index contributed by atoms with van der Waals surface area (Å²) in [5.74, 6) is 1.59. The Morgan fingerprint density at radius 1 is 1.47 bits per heavy atom. The van der Waals surface area contributed by atoms with Crippen molar-refractivity contribution < 1.29 is 5.21 Å². The molecule has 0 aliphatic heterocycles. The highest BCUT2D eigenvalue weighted by molar-refractivity contribution is 5.99. The van der Waals surface area contributed by atoms with Gasteiger partial charge >= 0.3 is 0 Å². The summed E-state index contributed by atoms with van der Waals surface area (Å²) in [6.45, 7) is 3.99. The van der Waals surface area contributed by atoms with Crippen molar-refractivity contribution in [2.75, 3.05) is 0 Å². The normalized spacial score (nSPS) is 11.8. The topological polar surface area (TPSA) is 89.3 Å². The average molecular weight is 259 g/mol. The van der Waals surface area contributed by atoms with E-state index in [4.69, 9.17) is 10.9 Å². The van der Waals surface area contributed by atoms with E-state index in [1.165, 1.54) is 0 Å². The minimum Gasteiger partial charge on any atom is -0.409 e. The van der Waals surface area contributed by atoms with Crippen LogP contribution in [0.3, 0.4) is 0 Å². The number of oxime groups is 1. The highest BCUT2D eigenvalue weighted by atomic mass is 16.4. The van der Waals surface area contributed by atoms with Crippen molar-refractivity contribution >= 4 is 5.84 Å². The summed E-state index contributed by atoms with van der Waals surface area (Å²) in [6.07, 6.45) is 5.39. The summed E-state index contributed by atoms with van der Waals surface area (Å²) in [7, 11) is 0. The van der Waals surface area contributed by atoms with Crippen molar-refractivity contribution in [3.8, 4) is 5.82 Å². The Kier molecular flexibility index (Phi) is 3.79. The second-order valence-corrected chi connectivity index (χ2v) is 4.27. The van der Waals surface area contributed by atoms with E-state index in [0.717, 1.165) is 24.4 Å². The Morgan fingerprint density at radius 2 is 2.26 bits per heavy atom. The number of aryl methyl sites for hydroxylation is 2. The molecule has 0 aromatic carbocycles. The van der Waals surface area contributed by atoms with Gasteiger partial charge in [-0.3, -0.25) is 4.57 Å². The van der Waals surface area contributed by atoms with E-state index in [2.05, 4.69) is 22.0 Å². The number of imidazole rings is 1. The molecule has 3 N–H and O–H groups in total. The van der Waals surface area contributed by atoms with E-state index in [0.29, 0.717) is 11.4 Å². The van der Waals surface area contributed by atoms with Gasteiger partial charge in [0.15, 0.2) is 5.84 Å². The van der Waals surface area contributed by atoms with Crippen LogP contribution < -0.4 is 5.73 Å². The minimum absolute atomic E-state index is 0.0404. The van der Waals surface area contributed by atoms with Gasteiger partial charge in [-0.15, -0.1) is 0 Å². The second-order valence-electron chi connectivity index (χ2n) is 4.27. The van der Waals surface area contributed by atoms with Gasteiger partial charge < -0.3 is 10.9 Å². The maximum absolute atomic E-state index is 8.86. The predicted molar refractivity (Wildman–Crippen MR) is 72.6 cm³/mol. The monoisotopic (exact) mass is 259 g/mol. The molecule has 2 aromatic rings. The standard InChI is InChI=1S/C13H17N5O/c1-3-4-11-15-7-8-18(11)13-10(12(14)17-19)6-5-9(2)16-13/h5-8,19H,3-4H2,1-2H3,(H2,14,17). The third-order valence-corrected chi connectivity index (χ3v) is 2.82. The van der Waals surface area contributed by atoms with Crippen molar-refractivity contribution in [2.45, 2.75) is 26.7 Å². The summed E-state index contributed by atoms with van der Waals surface area (Å²) in [5, 5.41) is 11.9. The molecule has 100 valence electrons. The van der Waals surface area contributed by atoms with E-state index in [-0.39, 0.29) is 5.84 Å². The Bertz CT molecular complexity index is 603. The van der Waals surface area contributed by atoms with E-state index >= 15 is 0 Å². The largest absolute Gasteiger partial charge is 0.409 e. The molecule has 0 amide bonds. The predicted octanol–water partition coefficient (Wildman–Crippen LogP) is 1.62. The zero-order chi connectivity index (χ0) is 13.8. The smallest absolute Gasteiger partial charge is 0.173 e. The molecule has 0 radical (unpaired) electrons. The fourth-order valence-electron chi connectivity index (χ4n) is 1.92. The average Bonchev–Trinajstić information content (AvgIpc) is 2.86. The van der Waals surface area contributed by atoms with Crippen molar-refractivity contribution in [3.05, 3.63) is 41.6 Å². The van der Waals surface area contributed by atoms with E-state index < -0.39 is 0 Å². The van der Waals surface area contributed by atoms with Crippen LogP contribution in [0.25, 0.3) is 5.82 Å². The van der Waals surface area contributed by atoms with Crippen molar-refractivity contribution in [1.82, 2.24) is 14.5 Å². The molecule has 0 saturated carbocycles. The van der Waals surface area contributed by atoms with Crippen LogP contribution in [-0.4, -0.2) is 25.6 Å². The van der Waals surface area contributed by atoms with Gasteiger partial charge in [0.05, 0.1) is 5.56 Å². The first-order valence-electron chi connectivity index (χ1n) is 6.15. The molecule has 0 atom stereocenters. The number of hydrogen-bond acceptors (Lipinski definition) is 4. The van der Waals surface area contributed by atoms with Crippen molar-refractivity contribution in [1.29, 1.82) is 0 Å². The quantitative estimate of drug-likeness (QED) is 0.378. The molecule has 6 nitrogen and oxygen atoms in total. The fourth-order valence-corrected chi connectivity index (χ4v) is 1.92. The lowest BCUT2D eigenvalue weighted by molar-refractivity contribution is 0.318. The van der Waals surface area contributed by atoms with Crippen molar-refractivity contribution in [3.63, 3.8) is 0 Å². The molecular formula is C13H17N5O. The van der Waals surface area contributed by atoms with Gasteiger partial charge in [0.2, 0.25) is 0 Å². The third-order valence-electron chi connectivity index (χ3n) is 2.82. The van der Waals surface area contributed by atoms with Gasteiger partial charge in [-0.2, -0.15) is 0 Å². The zero-order valence-electron chi connectivity index (χ0n) is 11.0. The van der Waals surface area contributed by atoms with Gasteiger partial charge in [0, 0.05) is 24.5 Å². The van der Waals surface area contributed by atoms with Crippen LogP contribution in [0, 0.1) is 6.92 Å². The fraction of sp³-hybridized carbons (Fsp3) is 0.308.